The van der Waals surface area contributed by atoms with Crippen molar-refractivity contribution >= 4 is 33.4 Å². The lowest BCUT2D eigenvalue weighted by molar-refractivity contribution is 0.0474. The molecule has 0 aliphatic rings. The van der Waals surface area contributed by atoms with Crippen LogP contribution in [-0.4, -0.2) is 52.1 Å². The molecule has 0 spiro atoms. The van der Waals surface area contributed by atoms with Crippen molar-refractivity contribution in [2.45, 2.75) is 31.7 Å². The molecule has 0 bridgehead atoms. The first-order valence-corrected chi connectivity index (χ1v) is 11.0. The van der Waals surface area contributed by atoms with Gasteiger partial charge in [-0.15, -0.1) is 0 Å². The van der Waals surface area contributed by atoms with Crippen molar-refractivity contribution in [1.29, 1.82) is 0 Å². The van der Waals surface area contributed by atoms with Gasteiger partial charge in [-0.05, 0) is 52.1 Å². The number of rotatable bonds is 9. The van der Waals surface area contributed by atoms with Crippen LogP contribution in [-0.2, 0) is 19.5 Å². The van der Waals surface area contributed by atoms with E-state index in [1.165, 1.54) is 19.2 Å². The summed E-state index contributed by atoms with van der Waals surface area (Å²) in [5, 5.41) is 0.0223. The number of nitrogens with one attached hydrogen (secondary N) is 1. The molecule has 0 aliphatic carbocycles. The molecule has 0 radical (unpaired) electrons. The number of methoxy groups -OCH3 is 1. The lowest BCUT2D eigenvalue weighted by atomic mass is 10.1. The minimum absolute atomic E-state index is 0.0223. The van der Waals surface area contributed by atoms with Crippen LogP contribution < -0.4 is 4.72 Å². The van der Waals surface area contributed by atoms with E-state index in [1.807, 2.05) is 25.3 Å². The standard InChI is InChI=1S/C20H25ClN2O6S/c1-12-8-16(14(3)23(12)13(2)10-28-5)19(24)11-29-20(25)17-9-15(6-7-18(17)21)30(26,27)22-4/h6-9,13,22H,10-11H2,1-5H3. The molecule has 2 aromatic rings. The molecule has 30 heavy (non-hydrogen) atoms. The Hall–Kier alpha value is -2.20. The van der Waals surface area contributed by atoms with Crippen molar-refractivity contribution in [1.82, 2.24) is 9.29 Å². The zero-order valence-corrected chi connectivity index (χ0v) is 19.1. The Balaban J connectivity index is 2.19. The largest absolute Gasteiger partial charge is 0.454 e. The molecule has 0 saturated heterocycles. The van der Waals surface area contributed by atoms with Crippen LogP contribution in [0.15, 0.2) is 29.2 Å². The summed E-state index contributed by atoms with van der Waals surface area (Å²) < 4.78 is 38.3. The van der Waals surface area contributed by atoms with Gasteiger partial charge in [-0.3, -0.25) is 4.79 Å². The highest BCUT2D eigenvalue weighted by atomic mass is 35.5. The van der Waals surface area contributed by atoms with Crippen LogP contribution in [0.4, 0.5) is 0 Å². The number of hydrogen-bond donors (Lipinski definition) is 1. The molecule has 164 valence electrons. The van der Waals surface area contributed by atoms with Gasteiger partial charge in [0, 0.05) is 24.1 Å². The van der Waals surface area contributed by atoms with Crippen LogP contribution in [0.1, 0.15) is 45.1 Å². The Labute approximate surface area is 181 Å². The molecule has 2 rings (SSSR count). The zero-order valence-electron chi connectivity index (χ0n) is 17.5. The molecule has 1 aromatic heterocycles. The number of hydrogen-bond acceptors (Lipinski definition) is 6. The fourth-order valence-electron chi connectivity index (χ4n) is 3.29. The van der Waals surface area contributed by atoms with Gasteiger partial charge in [0.25, 0.3) is 0 Å². The summed E-state index contributed by atoms with van der Waals surface area (Å²) in [7, 11) is -0.898. The molecule has 8 nitrogen and oxygen atoms in total. The highest BCUT2D eigenvalue weighted by Gasteiger charge is 2.22. The van der Waals surface area contributed by atoms with Gasteiger partial charge in [-0.1, -0.05) is 11.6 Å². The molecule has 0 amide bonds. The van der Waals surface area contributed by atoms with E-state index in [0.29, 0.717) is 12.2 Å². The predicted octanol–water partition coefficient (Wildman–Crippen LogP) is 2.91. The van der Waals surface area contributed by atoms with E-state index in [-0.39, 0.29) is 27.3 Å². The maximum absolute atomic E-state index is 12.6. The summed E-state index contributed by atoms with van der Waals surface area (Å²) in [6, 6.07) is 5.44. The van der Waals surface area contributed by atoms with Gasteiger partial charge in [0.15, 0.2) is 6.61 Å². The summed E-state index contributed by atoms with van der Waals surface area (Å²) in [6.07, 6.45) is 0. The van der Waals surface area contributed by atoms with Gasteiger partial charge < -0.3 is 14.0 Å². The van der Waals surface area contributed by atoms with Gasteiger partial charge in [0.1, 0.15) is 0 Å². The smallest absolute Gasteiger partial charge is 0.340 e. The van der Waals surface area contributed by atoms with Crippen molar-refractivity contribution in [2.75, 3.05) is 27.4 Å². The molecule has 1 aromatic carbocycles. The number of nitrogens with zero attached hydrogens (tertiary/aromatic N) is 1. The third-order valence-electron chi connectivity index (χ3n) is 4.70. The topological polar surface area (TPSA) is 104 Å². The molecule has 1 N–H and O–H groups in total. The summed E-state index contributed by atoms with van der Waals surface area (Å²) in [5.41, 5.74) is 1.94. The average molecular weight is 457 g/mol. The molecule has 0 fully saturated rings. The van der Waals surface area contributed by atoms with Crippen molar-refractivity contribution in [3.63, 3.8) is 0 Å². The van der Waals surface area contributed by atoms with E-state index in [4.69, 9.17) is 21.1 Å². The number of halogens is 1. The van der Waals surface area contributed by atoms with Gasteiger partial charge in [-0.2, -0.15) is 0 Å². The Morgan fingerprint density at radius 2 is 1.87 bits per heavy atom. The number of esters is 1. The maximum Gasteiger partial charge on any atom is 0.340 e. The third-order valence-corrected chi connectivity index (χ3v) is 6.45. The summed E-state index contributed by atoms with van der Waals surface area (Å²) in [6.45, 7) is 5.67. The van der Waals surface area contributed by atoms with Crippen LogP contribution in [0.5, 0.6) is 0 Å². The second kappa shape index (κ2) is 9.74. The van der Waals surface area contributed by atoms with E-state index in [0.717, 1.165) is 17.5 Å². The van der Waals surface area contributed by atoms with Crippen LogP contribution in [0.25, 0.3) is 0 Å². The number of ketones is 1. The van der Waals surface area contributed by atoms with E-state index >= 15 is 0 Å². The Morgan fingerprint density at radius 3 is 2.47 bits per heavy atom. The minimum atomic E-state index is -3.76. The van der Waals surface area contributed by atoms with Crippen LogP contribution in [0.3, 0.4) is 0 Å². The first-order valence-electron chi connectivity index (χ1n) is 9.14. The fourth-order valence-corrected chi connectivity index (χ4v) is 4.24. The molecule has 10 heteroatoms. The third kappa shape index (κ3) is 5.10. The van der Waals surface area contributed by atoms with Crippen molar-refractivity contribution in [3.8, 4) is 0 Å². The van der Waals surface area contributed by atoms with Crippen LogP contribution in [0.2, 0.25) is 5.02 Å². The number of aryl methyl sites for hydroxylation is 1. The number of Topliss-reactive ketones (excluding diaryl/α,β-unsaturated/α-hetero) is 1. The molecule has 0 saturated carbocycles. The van der Waals surface area contributed by atoms with Crippen LogP contribution >= 0.6 is 11.6 Å². The summed E-state index contributed by atoms with van der Waals surface area (Å²) in [5.74, 6) is -1.26. The monoisotopic (exact) mass is 456 g/mol. The molecule has 1 heterocycles. The number of aromatic nitrogens is 1. The van der Waals surface area contributed by atoms with E-state index in [9.17, 15) is 18.0 Å². The molecular weight excluding hydrogens is 432 g/mol. The SMILES string of the molecule is CNS(=O)(=O)c1ccc(Cl)c(C(=O)OCC(=O)c2cc(C)n(C(C)COC)c2C)c1. The minimum Gasteiger partial charge on any atom is -0.454 e. The average Bonchev–Trinajstić information content (AvgIpc) is 3.00. The van der Waals surface area contributed by atoms with Gasteiger partial charge in [0.2, 0.25) is 15.8 Å². The van der Waals surface area contributed by atoms with Crippen LogP contribution in [0, 0.1) is 13.8 Å². The normalized spacial score (nSPS) is 12.6. The second-order valence-electron chi connectivity index (χ2n) is 6.81. The highest BCUT2D eigenvalue weighted by molar-refractivity contribution is 7.89. The quantitative estimate of drug-likeness (QED) is 0.459. The van der Waals surface area contributed by atoms with Crippen molar-refractivity contribution in [3.05, 3.63) is 51.8 Å². The second-order valence-corrected chi connectivity index (χ2v) is 9.10. The Morgan fingerprint density at radius 1 is 1.20 bits per heavy atom. The van der Waals surface area contributed by atoms with Crippen molar-refractivity contribution in [2.24, 2.45) is 0 Å². The number of ether oxygens (including phenoxy) is 2. The maximum atomic E-state index is 12.6. The molecule has 1 unspecified atom stereocenters. The Bertz CT molecular complexity index is 1060. The molecular formula is C20H25ClN2O6S. The van der Waals surface area contributed by atoms with E-state index in [2.05, 4.69) is 4.72 Å². The predicted molar refractivity (Wildman–Crippen MR) is 113 cm³/mol. The molecule has 0 aliphatic heterocycles. The van der Waals surface area contributed by atoms with Gasteiger partial charge in [-0.25, -0.2) is 17.9 Å². The number of sulfonamides is 1. The highest BCUT2D eigenvalue weighted by Crippen LogP contribution is 2.23. The lowest BCUT2D eigenvalue weighted by Gasteiger charge is -2.17. The lowest BCUT2D eigenvalue weighted by Crippen LogP contribution is -2.20. The molecule has 1 atom stereocenters. The van der Waals surface area contributed by atoms with Gasteiger partial charge >= 0.3 is 5.97 Å². The van der Waals surface area contributed by atoms with E-state index in [1.54, 1.807) is 13.2 Å². The number of benzene rings is 1. The van der Waals surface area contributed by atoms with Gasteiger partial charge in [0.05, 0.1) is 28.1 Å². The van der Waals surface area contributed by atoms with Crippen molar-refractivity contribution < 1.29 is 27.5 Å². The number of carbonyl (C=O) groups excluding carboxylic acids is 2. The summed E-state index contributed by atoms with van der Waals surface area (Å²) in [4.78, 5) is 24.9. The Kier molecular flexibility index (Phi) is 7.81. The summed E-state index contributed by atoms with van der Waals surface area (Å²) >= 11 is 6.01. The number of carbonyl (C=O) groups is 2. The van der Waals surface area contributed by atoms with E-state index < -0.39 is 22.6 Å². The first kappa shape index (κ1) is 24.1. The first-order chi connectivity index (χ1) is 14.0. The zero-order chi connectivity index (χ0) is 22.6. The fraction of sp³-hybridized carbons (Fsp3) is 0.400.